The van der Waals surface area contributed by atoms with Crippen LogP contribution in [-0.2, 0) is 4.74 Å². The lowest BCUT2D eigenvalue weighted by Crippen LogP contribution is -2.55. The zero-order valence-corrected chi connectivity index (χ0v) is 12.8. The molecular weight excluding hydrogens is 336 g/mol. The predicted molar refractivity (Wildman–Crippen MR) is 82.2 cm³/mol. The second-order valence-corrected chi connectivity index (χ2v) is 5.73. The van der Waals surface area contributed by atoms with Crippen LogP contribution in [0.5, 0.6) is 0 Å². The van der Waals surface area contributed by atoms with Gasteiger partial charge in [-0.05, 0) is 6.07 Å². The summed E-state index contributed by atoms with van der Waals surface area (Å²) in [7, 11) is 0. The van der Waals surface area contributed by atoms with E-state index in [2.05, 4.69) is 0 Å². The fraction of sp³-hybridized carbons (Fsp3) is 0.375. The molecule has 1 saturated heterocycles. The number of para-hydroxylation sites is 1. The molecule has 2 heterocycles. The maximum atomic E-state index is 12.1. The molecule has 0 amide bonds. The smallest absolute Gasteiger partial charge is 0.351 e. The number of hydrogen-bond acceptors (Lipinski definition) is 8. The van der Waals surface area contributed by atoms with E-state index in [1.54, 1.807) is 12.1 Å². The molecule has 1 aliphatic rings. The summed E-state index contributed by atoms with van der Waals surface area (Å²) < 4.78 is 10.4. The number of ether oxygens (including phenoxy) is 1. The topological polar surface area (TPSA) is 158 Å². The zero-order chi connectivity index (χ0) is 18.3. The summed E-state index contributed by atoms with van der Waals surface area (Å²) >= 11 is 0. The molecule has 5 N–H and O–H groups in total. The number of aromatic carboxylic acids is 1. The average molecular weight is 352 g/mol. The van der Waals surface area contributed by atoms with Crippen molar-refractivity contribution in [3.8, 4) is 0 Å². The van der Waals surface area contributed by atoms with Crippen LogP contribution in [0.25, 0.3) is 11.0 Å². The Hall–Kier alpha value is -2.30. The van der Waals surface area contributed by atoms with Crippen molar-refractivity contribution in [2.24, 2.45) is 0 Å². The van der Waals surface area contributed by atoms with Crippen LogP contribution in [0, 0.1) is 0 Å². The Morgan fingerprint density at radius 2 is 1.76 bits per heavy atom. The van der Waals surface area contributed by atoms with Gasteiger partial charge in [0.25, 0.3) is 0 Å². The fourth-order valence-corrected chi connectivity index (χ4v) is 3.01. The normalized spacial score (nSPS) is 29.7. The Morgan fingerprint density at radius 3 is 2.40 bits per heavy atom. The number of carbonyl (C=O) groups is 1. The monoisotopic (exact) mass is 352 g/mol. The third-order valence-electron chi connectivity index (χ3n) is 4.24. The molecular formula is C16H16O9. The molecule has 9 nitrogen and oxygen atoms in total. The second-order valence-electron chi connectivity index (χ2n) is 5.73. The van der Waals surface area contributed by atoms with Crippen LogP contribution in [0.2, 0.25) is 0 Å². The van der Waals surface area contributed by atoms with Crippen molar-refractivity contribution in [1.29, 1.82) is 0 Å². The van der Waals surface area contributed by atoms with E-state index in [1.807, 2.05) is 0 Å². The van der Waals surface area contributed by atoms with Crippen molar-refractivity contribution in [2.45, 2.75) is 30.5 Å². The van der Waals surface area contributed by atoms with Crippen LogP contribution in [0.3, 0.4) is 0 Å². The molecule has 3 rings (SSSR count). The molecule has 1 aromatic heterocycles. The van der Waals surface area contributed by atoms with Gasteiger partial charge in [-0.3, -0.25) is 0 Å². The van der Waals surface area contributed by atoms with E-state index >= 15 is 0 Å². The number of fused-ring (bicyclic) bond motifs is 1. The highest BCUT2D eigenvalue weighted by molar-refractivity contribution is 5.95. The lowest BCUT2D eigenvalue weighted by Gasteiger charge is -2.40. The Kier molecular flexibility index (Phi) is 4.58. The number of aliphatic hydroxyl groups is 4. The van der Waals surface area contributed by atoms with E-state index < -0.39 is 54.3 Å². The SMILES string of the molecule is O=C(O)c1c(C2O[C@H](CO)[C@H](O)[C@H](O)[C@H]2O)c2ccccc2oc1=O. The van der Waals surface area contributed by atoms with Crippen molar-refractivity contribution < 1.29 is 39.5 Å². The summed E-state index contributed by atoms with van der Waals surface area (Å²) in [5.41, 5.74) is -2.00. The number of rotatable bonds is 3. The molecule has 0 bridgehead atoms. The maximum Gasteiger partial charge on any atom is 0.351 e. The van der Waals surface area contributed by atoms with Crippen LogP contribution >= 0.6 is 0 Å². The molecule has 25 heavy (non-hydrogen) atoms. The van der Waals surface area contributed by atoms with Crippen molar-refractivity contribution in [2.75, 3.05) is 6.61 Å². The lowest BCUT2D eigenvalue weighted by atomic mass is 9.88. The highest BCUT2D eigenvalue weighted by Crippen LogP contribution is 2.37. The molecule has 1 unspecified atom stereocenters. The van der Waals surface area contributed by atoms with Crippen LogP contribution < -0.4 is 5.63 Å². The third-order valence-corrected chi connectivity index (χ3v) is 4.24. The molecule has 0 aliphatic carbocycles. The number of benzene rings is 1. The Morgan fingerprint density at radius 1 is 1.08 bits per heavy atom. The van der Waals surface area contributed by atoms with E-state index in [0.29, 0.717) is 0 Å². The summed E-state index contributed by atoms with van der Waals surface area (Å²) in [4.78, 5) is 23.7. The Bertz CT molecular complexity index is 856. The van der Waals surface area contributed by atoms with Gasteiger partial charge >= 0.3 is 11.6 Å². The Labute approximate surface area is 140 Å². The highest BCUT2D eigenvalue weighted by atomic mass is 16.5. The minimum absolute atomic E-state index is 0.0736. The summed E-state index contributed by atoms with van der Waals surface area (Å²) in [6.07, 6.45) is -7.73. The first kappa shape index (κ1) is 17.5. The zero-order valence-electron chi connectivity index (χ0n) is 12.8. The van der Waals surface area contributed by atoms with Crippen LogP contribution in [-0.4, -0.2) is 62.5 Å². The summed E-state index contributed by atoms with van der Waals surface area (Å²) in [6, 6.07) is 6.06. The standard InChI is InChI=1S/C16H16O9/c17-5-8-11(18)12(19)13(20)14(24-8)9-6-3-1-2-4-7(6)25-16(23)10(9)15(21)22/h1-4,8,11-14,17-20H,5H2,(H,21,22)/t8-,11+,12+,13-,14?/m1/s1. The number of carboxylic acids is 1. The van der Waals surface area contributed by atoms with Gasteiger partial charge in [-0.2, -0.15) is 0 Å². The van der Waals surface area contributed by atoms with Gasteiger partial charge in [-0.15, -0.1) is 0 Å². The average Bonchev–Trinajstić information content (AvgIpc) is 2.59. The summed E-state index contributed by atoms with van der Waals surface area (Å²) in [5, 5.41) is 49.0. The maximum absolute atomic E-state index is 12.1. The molecule has 134 valence electrons. The van der Waals surface area contributed by atoms with Crippen LogP contribution in [0.1, 0.15) is 22.0 Å². The number of aliphatic hydroxyl groups excluding tert-OH is 4. The van der Waals surface area contributed by atoms with E-state index in [9.17, 15) is 35.1 Å². The van der Waals surface area contributed by atoms with Gasteiger partial charge in [0, 0.05) is 10.9 Å². The molecule has 0 spiro atoms. The van der Waals surface area contributed by atoms with Crippen LogP contribution in [0.15, 0.2) is 33.5 Å². The summed E-state index contributed by atoms with van der Waals surface area (Å²) in [6.45, 7) is -0.677. The Balaban J connectivity index is 2.28. The van der Waals surface area contributed by atoms with Crippen molar-refractivity contribution in [3.63, 3.8) is 0 Å². The first-order chi connectivity index (χ1) is 11.9. The lowest BCUT2D eigenvalue weighted by molar-refractivity contribution is -0.231. The molecule has 9 heteroatoms. The van der Waals surface area contributed by atoms with E-state index in [1.165, 1.54) is 12.1 Å². The second kappa shape index (κ2) is 6.54. The van der Waals surface area contributed by atoms with Gasteiger partial charge in [-0.25, -0.2) is 9.59 Å². The van der Waals surface area contributed by atoms with E-state index in [-0.39, 0.29) is 16.5 Å². The van der Waals surface area contributed by atoms with Crippen molar-refractivity contribution in [1.82, 2.24) is 0 Å². The molecule has 1 aromatic carbocycles. The van der Waals surface area contributed by atoms with Gasteiger partial charge in [0.05, 0.1) is 6.61 Å². The minimum atomic E-state index is -1.72. The largest absolute Gasteiger partial charge is 0.477 e. The predicted octanol–water partition coefficient (Wildman–Crippen LogP) is -0.994. The van der Waals surface area contributed by atoms with Gasteiger partial charge in [0.2, 0.25) is 0 Å². The minimum Gasteiger partial charge on any atom is -0.477 e. The fourth-order valence-electron chi connectivity index (χ4n) is 3.01. The van der Waals surface area contributed by atoms with Crippen molar-refractivity contribution in [3.05, 3.63) is 45.8 Å². The first-order valence-corrected chi connectivity index (χ1v) is 7.46. The van der Waals surface area contributed by atoms with Gasteiger partial charge in [0.1, 0.15) is 36.1 Å². The third kappa shape index (κ3) is 2.81. The molecule has 5 atom stereocenters. The van der Waals surface area contributed by atoms with E-state index in [0.717, 1.165) is 0 Å². The summed E-state index contributed by atoms with van der Waals surface area (Å²) in [5.74, 6) is -1.59. The first-order valence-electron chi connectivity index (χ1n) is 7.46. The molecule has 0 radical (unpaired) electrons. The van der Waals surface area contributed by atoms with Crippen LogP contribution in [0.4, 0.5) is 0 Å². The van der Waals surface area contributed by atoms with Gasteiger partial charge in [0.15, 0.2) is 5.56 Å². The van der Waals surface area contributed by atoms with E-state index in [4.69, 9.17) is 9.15 Å². The quantitative estimate of drug-likeness (QED) is 0.437. The van der Waals surface area contributed by atoms with Gasteiger partial charge in [-0.1, -0.05) is 18.2 Å². The number of carboxylic acid groups (broad SMARTS) is 1. The molecule has 1 aliphatic heterocycles. The highest BCUT2D eigenvalue weighted by Gasteiger charge is 2.46. The number of hydrogen-bond donors (Lipinski definition) is 5. The van der Waals surface area contributed by atoms with Crippen molar-refractivity contribution >= 4 is 16.9 Å². The van der Waals surface area contributed by atoms with Gasteiger partial charge < -0.3 is 34.7 Å². The molecule has 2 aromatic rings. The molecule has 0 saturated carbocycles. The molecule has 1 fully saturated rings.